The van der Waals surface area contributed by atoms with Gasteiger partial charge in [0.05, 0.1) is 18.8 Å². The first kappa shape index (κ1) is 7.16. The predicted molar refractivity (Wildman–Crippen MR) is 43.6 cm³/mol. The molecule has 2 nitrogen and oxygen atoms in total. The largest absolute Gasteiger partial charge is 0.496 e. The van der Waals surface area contributed by atoms with E-state index in [1.54, 1.807) is 19.2 Å². The first-order valence-electron chi connectivity index (χ1n) is 3.54. The fraction of sp³-hybridized carbons (Fsp3) is 0.111. The average Bonchev–Trinajstić information content (AvgIpc) is 2.54. The highest BCUT2D eigenvalue weighted by molar-refractivity contribution is 5.86. The third-order valence-electron chi connectivity index (χ3n) is 1.79. The Morgan fingerprint density at radius 2 is 2.33 bits per heavy atom. The molecule has 1 heterocycles. The zero-order valence-electron chi connectivity index (χ0n) is 6.52. The molecule has 0 bridgehead atoms. The summed E-state index contributed by atoms with van der Waals surface area (Å²) in [4.78, 5) is 2.68. The number of hydrogen-bond donors (Lipinski definition) is 1. The standard InChI is InChI=1S/C9H7FNO/c1-12-8-3-2-7(10)9-6(8)4-5-11-9/h2-4,11H,1H3. The van der Waals surface area contributed by atoms with E-state index in [1.165, 1.54) is 6.07 Å². The summed E-state index contributed by atoms with van der Waals surface area (Å²) in [5, 5.41) is 0.720. The van der Waals surface area contributed by atoms with Crippen LogP contribution in [0, 0.1) is 12.0 Å². The van der Waals surface area contributed by atoms with E-state index in [0.29, 0.717) is 11.3 Å². The molecule has 1 aromatic heterocycles. The number of methoxy groups -OCH3 is 1. The molecule has 3 heteroatoms. The summed E-state index contributed by atoms with van der Waals surface area (Å²) in [6.45, 7) is 0. The molecule has 1 N–H and O–H groups in total. The van der Waals surface area contributed by atoms with Crippen molar-refractivity contribution >= 4 is 10.9 Å². The Bertz CT molecular complexity index is 408. The lowest BCUT2D eigenvalue weighted by Crippen LogP contribution is -1.85. The Hall–Kier alpha value is -1.51. The zero-order valence-corrected chi connectivity index (χ0v) is 6.52. The summed E-state index contributed by atoms with van der Waals surface area (Å²) in [5.41, 5.74) is 0.439. The number of fused-ring (bicyclic) bond motifs is 1. The lowest BCUT2D eigenvalue weighted by Gasteiger charge is -2.00. The molecule has 0 aliphatic carbocycles. The van der Waals surface area contributed by atoms with Crippen molar-refractivity contribution in [2.45, 2.75) is 0 Å². The van der Waals surface area contributed by atoms with Crippen LogP contribution in [0.25, 0.3) is 10.9 Å². The van der Waals surface area contributed by atoms with E-state index < -0.39 is 0 Å². The SMILES string of the molecule is COc1ccc(F)c2[nH][c]cc12. The van der Waals surface area contributed by atoms with Gasteiger partial charge in [0, 0.05) is 5.39 Å². The molecular weight excluding hydrogens is 157 g/mol. The van der Waals surface area contributed by atoms with Gasteiger partial charge in [-0.3, -0.25) is 0 Å². The molecule has 12 heavy (non-hydrogen) atoms. The van der Waals surface area contributed by atoms with Crippen molar-refractivity contribution in [3.05, 3.63) is 30.2 Å². The monoisotopic (exact) mass is 164 g/mol. The van der Waals surface area contributed by atoms with Crippen molar-refractivity contribution in [1.29, 1.82) is 0 Å². The minimum absolute atomic E-state index is 0.285. The third-order valence-corrected chi connectivity index (χ3v) is 1.79. The number of rotatable bonds is 1. The highest BCUT2D eigenvalue weighted by atomic mass is 19.1. The molecule has 2 aromatic rings. The van der Waals surface area contributed by atoms with Crippen molar-refractivity contribution in [1.82, 2.24) is 4.98 Å². The van der Waals surface area contributed by atoms with Gasteiger partial charge in [0.15, 0.2) is 0 Å². The molecule has 1 aromatic carbocycles. The number of aromatic amines is 1. The number of nitrogens with one attached hydrogen (secondary N) is 1. The molecule has 0 saturated carbocycles. The Balaban J connectivity index is 2.82. The van der Waals surface area contributed by atoms with Crippen LogP contribution in [0.15, 0.2) is 18.2 Å². The van der Waals surface area contributed by atoms with Crippen molar-refractivity contribution in [2.24, 2.45) is 0 Å². The second kappa shape index (κ2) is 2.52. The molecule has 1 radical (unpaired) electrons. The summed E-state index contributed by atoms with van der Waals surface area (Å²) in [5.74, 6) is 0.371. The van der Waals surface area contributed by atoms with Crippen LogP contribution in [0.3, 0.4) is 0 Å². The fourth-order valence-corrected chi connectivity index (χ4v) is 1.20. The maximum atomic E-state index is 13.0. The molecule has 0 aliphatic heterocycles. The lowest BCUT2D eigenvalue weighted by atomic mass is 10.2. The summed E-state index contributed by atoms with van der Waals surface area (Å²) < 4.78 is 18.1. The number of halogens is 1. The van der Waals surface area contributed by atoms with Crippen molar-refractivity contribution in [3.63, 3.8) is 0 Å². The maximum Gasteiger partial charge on any atom is 0.147 e. The first-order chi connectivity index (χ1) is 5.83. The number of benzene rings is 1. The lowest BCUT2D eigenvalue weighted by molar-refractivity contribution is 0.419. The van der Waals surface area contributed by atoms with Gasteiger partial charge in [0.2, 0.25) is 0 Å². The molecule has 0 fully saturated rings. The van der Waals surface area contributed by atoms with Crippen LogP contribution in [-0.2, 0) is 0 Å². The molecule has 0 aliphatic rings. The quantitative estimate of drug-likeness (QED) is 0.686. The van der Waals surface area contributed by atoms with Crippen LogP contribution >= 0.6 is 0 Å². The van der Waals surface area contributed by atoms with Gasteiger partial charge >= 0.3 is 0 Å². The highest BCUT2D eigenvalue weighted by Crippen LogP contribution is 2.25. The number of aromatic nitrogens is 1. The molecule has 0 unspecified atom stereocenters. The van der Waals surface area contributed by atoms with Gasteiger partial charge in [-0.15, -0.1) is 0 Å². The average molecular weight is 164 g/mol. The van der Waals surface area contributed by atoms with Crippen LogP contribution < -0.4 is 4.74 Å². The molecule has 0 saturated heterocycles. The summed E-state index contributed by atoms with van der Waals surface area (Å²) in [6, 6.07) is 4.63. The van der Waals surface area contributed by atoms with E-state index in [1.807, 2.05) is 0 Å². The van der Waals surface area contributed by atoms with E-state index in [-0.39, 0.29) is 5.82 Å². The van der Waals surface area contributed by atoms with Crippen molar-refractivity contribution in [2.75, 3.05) is 7.11 Å². The minimum atomic E-state index is -0.285. The maximum absolute atomic E-state index is 13.0. The van der Waals surface area contributed by atoms with Crippen LogP contribution in [0.1, 0.15) is 0 Å². The molecule has 0 amide bonds. The summed E-state index contributed by atoms with van der Waals surface area (Å²) in [7, 11) is 1.56. The molecule has 0 atom stereocenters. The number of ether oxygens (including phenoxy) is 1. The fourth-order valence-electron chi connectivity index (χ4n) is 1.20. The Labute approximate surface area is 69.0 Å². The topological polar surface area (TPSA) is 25.0 Å². The van der Waals surface area contributed by atoms with E-state index in [4.69, 9.17) is 4.74 Å². The summed E-state index contributed by atoms with van der Waals surface area (Å²) >= 11 is 0. The van der Waals surface area contributed by atoms with Gasteiger partial charge in [-0.05, 0) is 18.2 Å². The number of hydrogen-bond acceptors (Lipinski definition) is 1. The normalized spacial score (nSPS) is 10.5. The van der Waals surface area contributed by atoms with Crippen LogP contribution in [0.2, 0.25) is 0 Å². The summed E-state index contributed by atoms with van der Waals surface area (Å²) in [6.07, 6.45) is 2.71. The van der Waals surface area contributed by atoms with Gasteiger partial charge in [0.25, 0.3) is 0 Å². The van der Waals surface area contributed by atoms with Crippen LogP contribution in [0.5, 0.6) is 5.75 Å². The molecule has 2 rings (SSSR count). The smallest absolute Gasteiger partial charge is 0.147 e. The third kappa shape index (κ3) is 0.863. The minimum Gasteiger partial charge on any atom is -0.496 e. The van der Waals surface area contributed by atoms with Gasteiger partial charge in [0.1, 0.15) is 11.6 Å². The molecular formula is C9H7FNO. The Morgan fingerprint density at radius 1 is 1.50 bits per heavy atom. The Morgan fingerprint density at radius 3 is 3.08 bits per heavy atom. The predicted octanol–water partition coefficient (Wildman–Crippen LogP) is 2.12. The second-order valence-corrected chi connectivity index (χ2v) is 2.45. The first-order valence-corrected chi connectivity index (χ1v) is 3.54. The van der Waals surface area contributed by atoms with E-state index in [0.717, 1.165) is 5.39 Å². The van der Waals surface area contributed by atoms with Gasteiger partial charge in [-0.1, -0.05) is 0 Å². The highest BCUT2D eigenvalue weighted by Gasteiger charge is 2.05. The zero-order chi connectivity index (χ0) is 8.55. The van der Waals surface area contributed by atoms with Gasteiger partial charge < -0.3 is 9.72 Å². The van der Waals surface area contributed by atoms with E-state index in [2.05, 4.69) is 11.2 Å². The second-order valence-electron chi connectivity index (χ2n) is 2.45. The van der Waals surface area contributed by atoms with E-state index >= 15 is 0 Å². The number of H-pyrrole nitrogens is 1. The van der Waals surface area contributed by atoms with Gasteiger partial charge in [-0.25, -0.2) is 4.39 Å². The Kier molecular flexibility index (Phi) is 1.50. The molecule has 0 spiro atoms. The van der Waals surface area contributed by atoms with Crippen LogP contribution in [0.4, 0.5) is 4.39 Å². The van der Waals surface area contributed by atoms with E-state index in [9.17, 15) is 4.39 Å². The van der Waals surface area contributed by atoms with Crippen molar-refractivity contribution in [3.8, 4) is 5.75 Å². The van der Waals surface area contributed by atoms with Crippen molar-refractivity contribution < 1.29 is 9.13 Å². The molecule has 61 valence electrons. The van der Waals surface area contributed by atoms with Gasteiger partial charge in [-0.2, -0.15) is 0 Å². The van der Waals surface area contributed by atoms with Crippen LogP contribution in [-0.4, -0.2) is 12.1 Å².